The zero-order valence-corrected chi connectivity index (χ0v) is 11.8. The van der Waals surface area contributed by atoms with E-state index in [9.17, 15) is 19.7 Å². The van der Waals surface area contributed by atoms with Gasteiger partial charge in [-0.1, -0.05) is 12.1 Å². The Morgan fingerprint density at radius 3 is 2.82 bits per heavy atom. The second-order valence-corrected chi connectivity index (χ2v) is 5.27. The first-order valence-corrected chi connectivity index (χ1v) is 6.85. The average Bonchev–Trinajstić information content (AvgIpc) is 2.46. The van der Waals surface area contributed by atoms with E-state index in [1.807, 2.05) is 0 Å². The number of carbonyl (C=O) groups excluding carboxylic acids is 2. The van der Waals surface area contributed by atoms with Crippen LogP contribution in [0, 0.1) is 17.0 Å². The molecule has 1 unspecified atom stereocenters. The number of hydrogen-bond acceptors (Lipinski definition) is 5. The second kappa shape index (κ2) is 5.18. The molecule has 2 aromatic rings. The molecule has 0 bridgehead atoms. The summed E-state index contributed by atoms with van der Waals surface area (Å²) in [4.78, 5) is 38.2. The average molecular weight is 299 g/mol. The van der Waals surface area contributed by atoms with Gasteiger partial charge in [0.15, 0.2) is 0 Å². The topological polar surface area (TPSA) is 102 Å². The number of imide groups is 1. The van der Waals surface area contributed by atoms with Crippen LogP contribution in [0.15, 0.2) is 24.3 Å². The summed E-state index contributed by atoms with van der Waals surface area (Å²) in [7, 11) is 0. The third-order valence-electron chi connectivity index (χ3n) is 3.87. The maximum Gasteiger partial charge on any atom is 0.295 e. The van der Waals surface area contributed by atoms with Gasteiger partial charge in [0, 0.05) is 23.6 Å². The van der Waals surface area contributed by atoms with Crippen LogP contribution in [-0.4, -0.2) is 21.7 Å². The van der Waals surface area contributed by atoms with Crippen molar-refractivity contribution in [2.24, 2.45) is 0 Å². The molecule has 3 rings (SSSR count). The monoisotopic (exact) mass is 299 g/mol. The molecule has 1 aromatic heterocycles. The summed E-state index contributed by atoms with van der Waals surface area (Å²) in [6, 6.07) is 6.47. The van der Waals surface area contributed by atoms with Crippen molar-refractivity contribution in [2.75, 3.05) is 0 Å². The first-order valence-electron chi connectivity index (χ1n) is 6.85. The second-order valence-electron chi connectivity index (χ2n) is 5.27. The van der Waals surface area contributed by atoms with Gasteiger partial charge in [-0.05, 0) is 25.0 Å². The maximum absolute atomic E-state index is 12.0. The Morgan fingerprint density at radius 1 is 1.36 bits per heavy atom. The molecule has 0 saturated carbocycles. The van der Waals surface area contributed by atoms with Crippen LogP contribution in [0.1, 0.15) is 30.0 Å². The smallest absolute Gasteiger partial charge is 0.295 e. The summed E-state index contributed by atoms with van der Waals surface area (Å²) < 4.78 is 0. The number of hydrogen-bond donors (Lipinski definition) is 1. The summed E-state index contributed by atoms with van der Waals surface area (Å²) >= 11 is 0. The van der Waals surface area contributed by atoms with Crippen LogP contribution >= 0.6 is 0 Å². The third-order valence-corrected chi connectivity index (χ3v) is 3.87. The lowest BCUT2D eigenvalue weighted by atomic mass is 9.89. The number of pyridine rings is 1. The van der Waals surface area contributed by atoms with Gasteiger partial charge < -0.3 is 0 Å². The molecule has 7 heteroatoms. The van der Waals surface area contributed by atoms with Crippen molar-refractivity contribution in [3.05, 3.63) is 45.6 Å². The largest absolute Gasteiger partial charge is 0.296 e. The van der Waals surface area contributed by atoms with Gasteiger partial charge in [-0.2, -0.15) is 0 Å². The molecule has 22 heavy (non-hydrogen) atoms. The van der Waals surface area contributed by atoms with Crippen LogP contribution in [-0.2, 0) is 9.59 Å². The highest BCUT2D eigenvalue weighted by atomic mass is 16.6. The molecular weight excluding hydrogens is 286 g/mol. The molecule has 1 aromatic carbocycles. The number of aromatic nitrogens is 1. The number of nitrogens with zero attached hydrogens (tertiary/aromatic N) is 2. The highest BCUT2D eigenvalue weighted by Gasteiger charge is 2.30. The Balaban J connectivity index is 2.12. The van der Waals surface area contributed by atoms with Crippen LogP contribution in [0.2, 0.25) is 0 Å². The molecule has 1 aliphatic rings. The molecular formula is C15H13N3O4. The van der Waals surface area contributed by atoms with E-state index in [2.05, 4.69) is 10.3 Å². The first-order chi connectivity index (χ1) is 10.5. The molecule has 7 nitrogen and oxygen atoms in total. The van der Waals surface area contributed by atoms with Crippen molar-refractivity contribution in [3.63, 3.8) is 0 Å². The molecule has 112 valence electrons. The van der Waals surface area contributed by atoms with Crippen LogP contribution in [0.25, 0.3) is 10.9 Å². The number of amides is 2. The number of nitrogens with one attached hydrogen (secondary N) is 1. The van der Waals surface area contributed by atoms with E-state index in [0.717, 1.165) is 0 Å². The van der Waals surface area contributed by atoms with E-state index in [1.165, 1.54) is 6.07 Å². The lowest BCUT2D eigenvalue weighted by molar-refractivity contribution is -0.383. The van der Waals surface area contributed by atoms with E-state index in [0.29, 0.717) is 28.6 Å². The van der Waals surface area contributed by atoms with Gasteiger partial charge in [0.1, 0.15) is 5.52 Å². The zero-order valence-electron chi connectivity index (χ0n) is 11.8. The first kappa shape index (κ1) is 14.1. The van der Waals surface area contributed by atoms with Gasteiger partial charge in [-0.3, -0.25) is 25.0 Å². The molecule has 2 heterocycles. The lowest BCUT2D eigenvalue weighted by Gasteiger charge is -2.22. The molecule has 1 aliphatic heterocycles. The van der Waals surface area contributed by atoms with Gasteiger partial charge in [0.25, 0.3) is 5.69 Å². The summed E-state index contributed by atoms with van der Waals surface area (Å²) in [5.41, 5.74) is 1.52. The van der Waals surface area contributed by atoms with Crippen molar-refractivity contribution < 1.29 is 14.5 Å². The minimum atomic E-state index is -0.472. The molecule has 1 atom stereocenters. The summed E-state index contributed by atoms with van der Waals surface area (Å²) in [6.07, 6.45) is 0.705. The molecule has 0 spiro atoms. The zero-order chi connectivity index (χ0) is 15.9. The number of para-hydroxylation sites is 1. The van der Waals surface area contributed by atoms with Gasteiger partial charge >= 0.3 is 0 Å². The number of non-ortho nitro benzene ring substituents is 1. The minimum absolute atomic E-state index is 0.0598. The predicted octanol–water partition coefficient (Wildman–Crippen LogP) is 1.97. The number of piperidine rings is 1. The molecule has 0 radical (unpaired) electrons. The van der Waals surface area contributed by atoms with Crippen molar-refractivity contribution >= 4 is 28.4 Å². The molecule has 2 amide bonds. The maximum atomic E-state index is 12.0. The number of rotatable bonds is 2. The fourth-order valence-electron chi connectivity index (χ4n) is 2.78. The Hall–Kier alpha value is -2.83. The number of nitro groups is 1. The third kappa shape index (κ3) is 2.30. The van der Waals surface area contributed by atoms with Crippen LogP contribution in [0.5, 0.6) is 0 Å². The Labute approximate surface area is 125 Å². The van der Waals surface area contributed by atoms with Crippen LogP contribution < -0.4 is 5.32 Å². The number of carbonyl (C=O) groups is 2. The quantitative estimate of drug-likeness (QED) is 0.519. The number of benzene rings is 1. The van der Waals surface area contributed by atoms with Crippen molar-refractivity contribution in [1.29, 1.82) is 0 Å². The fraction of sp³-hybridized carbons (Fsp3) is 0.267. The highest BCUT2D eigenvalue weighted by molar-refractivity contribution is 6.01. The fourth-order valence-corrected chi connectivity index (χ4v) is 2.78. The van der Waals surface area contributed by atoms with Crippen LogP contribution in [0.4, 0.5) is 5.69 Å². The molecule has 1 saturated heterocycles. The van der Waals surface area contributed by atoms with Crippen molar-refractivity contribution in [3.8, 4) is 0 Å². The van der Waals surface area contributed by atoms with E-state index in [1.54, 1.807) is 25.1 Å². The van der Waals surface area contributed by atoms with Gasteiger partial charge in [-0.15, -0.1) is 0 Å². The summed E-state index contributed by atoms with van der Waals surface area (Å²) in [5.74, 6) is -1.07. The number of nitro benzene ring substituents is 1. The lowest BCUT2D eigenvalue weighted by Crippen LogP contribution is -2.39. The normalized spacial score (nSPS) is 18.3. The minimum Gasteiger partial charge on any atom is -0.296 e. The summed E-state index contributed by atoms with van der Waals surface area (Å²) in [6.45, 7) is 1.72. The highest BCUT2D eigenvalue weighted by Crippen LogP contribution is 2.31. The Kier molecular flexibility index (Phi) is 3.32. The predicted molar refractivity (Wildman–Crippen MR) is 78.3 cm³/mol. The number of fused-ring (bicyclic) bond motifs is 1. The van der Waals surface area contributed by atoms with Crippen molar-refractivity contribution in [1.82, 2.24) is 10.3 Å². The van der Waals surface area contributed by atoms with Gasteiger partial charge in [-0.25, -0.2) is 4.98 Å². The Bertz CT molecular complexity index is 816. The SMILES string of the molecule is Cc1nc2c([N+](=O)[O-])cccc2cc1C1CCC(=O)NC1=O. The van der Waals surface area contributed by atoms with E-state index < -0.39 is 10.8 Å². The van der Waals surface area contributed by atoms with Crippen molar-refractivity contribution in [2.45, 2.75) is 25.7 Å². The molecule has 1 fully saturated rings. The van der Waals surface area contributed by atoms with E-state index in [-0.39, 0.29) is 23.9 Å². The molecule has 0 aliphatic carbocycles. The standard InChI is InChI=1S/C15H13N3O4/c1-8-11(10-5-6-13(19)17-15(10)20)7-9-3-2-4-12(18(21)22)14(9)16-8/h2-4,7,10H,5-6H2,1H3,(H,17,19,20). The van der Waals surface area contributed by atoms with Crippen LogP contribution in [0.3, 0.4) is 0 Å². The summed E-state index contributed by atoms with van der Waals surface area (Å²) in [5, 5.41) is 14.0. The Morgan fingerprint density at radius 2 is 2.14 bits per heavy atom. The van der Waals surface area contributed by atoms with E-state index >= 15 is 0 Å². The van der Waals surface area contributed by atoms with Gasteiger partial charge in [0.2, 0.25) is 11.8 Å². The van der Waals surface area contributed by atoms with E-state index in [4.69, 9.17) is 0 Å². The molecule has 1 N–H and O–H groups in total. The van der Waals surface area contributed by atoms with Gasteiger partial charge in [0.05, 0.1) is 10.8 Å². The number of aryl methyl sites for hydroxylation is 1.